The predicted octanol–water partition coefficient (Wildman–Crippen LogP) is -0.176. The fourth-order valence-electron chi connectivity index (χ4n) is 2.99. The van der Waals surface area contributed by atoms with Gasteiger partial charge in [-0.25, -0.2) is 4.79 Å². The molecule has 1 aromatic carbocycles. The Balaban J connectivity index is 1.99. The molecule has 116 valence electrons. The molecular formula is C17H14N2O4. The highest BCUT2D eigenvalue weighted by molar-refractivity contribution is 6.02. The molecular weight excluding hydrogens is 296 g/mol. The Kier molecular flexibility index (Phi) is 3.98. The third-order valence-corrected chi connectivity index (χ3v) is 4.03. The van der Waals surface area contributed by atoms with Crippen molar-refractivity contribution >= 4 is 23.5 Å². The van der Waals surface area contributed by atoms with Crippen LogP contribution in [-0.4, -0.2) is 40.4 Å². The third-order valence-electron chi connectivity index (χ3n) is 4.03. The number of nitrogens with zero attached hydrogens (tertiary/aromatic N) is 1. The average molecular weight is 310 g/mol. The second-order valence-corrected chi connectivity index (χ2v) is 5.34. The summed E-state index contributed by atoms with van der Waals surface area (Å²) >= 11 is 0. The van der Waals surface area contributed by atoms with Crippen LogP contribution in [0.1, 0.15) is 29.5 Å². The number of carbonyl (C=O) groups is 2. The molecule has 6 heteroatoms. The van der Waals surface area contributed by atoms with E-state index in [1.165, 1.54) is 0 Å². The van der Waals surface area contributed by atoms with E-state index in [0.717, 1.165) is 5.56 Å². The number of hydrogen-bond acceptors (Lipinski definition) is 5. The van der Waals surface area contributed by atoms with E-state index in [-0.39, 0.29) is 18.9 Å². The van der Waals surface area contributed by atoms with Gasteiger partial charge in [-0.05, 0) is 18.1 Å². The number of imide groups is 1. The zero-order chi connectivity index (χ0) is 16.4. The van der Waals surface area contributed by atoms with Crippen molar-refractivity contribution in [1.82, 2.24) is 10.2 Å². The first kappa shape index (κ1) is 15.0. The summed E-state index contributed by atoms with van der Waals surface area (Å²) < 4.78 is 0. The summed E-state index contributed by atoms with van der Waals surface area (Å²) in [6.07, 6.45) is 0.605. The summed E-state index contributed by atoms with van der Waals surface area (Å²) in [4.78, 5) is 36.5. The van der Waals surface area contributed by atoms with Crippen LogP contribution in [0.15, 0.2) is 18.2 Å². The van der Waals surface area contributed by atoms with Crippen molar-refractivity contribution in [1.29, 1.82) is 0 Å². The molecule has 0 aromatic heterocycles. The third kappa shape index (κ3) is 2.64. The van der Waals surface area contributed by atoms with E-state index < -0.39 is 11.9 Å². The van der Waals surface area contributed by atoms with Crippen LogP contribution in [0, 0.1) is 11.8 Å². The fourth-order valence-corrected chi connectivity index (χ4v) is 2.99. The Hall–Kier alpha value is -2.87. The number of aliphatic hydroxyl groups is 1. The Morgan fingerprint density at radius 3 is 2.87 bits per heavy atom. The number of benzene rings is 1. The lowest BCUT2D eigenvalue weighted by Crippen LogP contribution is -2.50. The summed E-state index contributed by atoms with van der Waals surface area (Å²) in [6.45, 7) is 0.0966. The molecule has 2 amide bonds. The van der Waals surface area contributed by atoms with Crippen LogP contribution >= 0.6 is 0 Å². The van der Waals surface area contributed by atoms with E-state index in [2.05, 4.69) is 17.2 Å². The van der Waals surface area contributed by atoms with Crippen LogP contribution in [0.2, 0.25) is 0 Å². The highest BCUT2D eigenvalue weighted by Crippen LogP contribution is 2.36. The van der Waals surface area contributed by atoms with Crippen molar-refractivity contribution in [2.45, 2.75) is 25.4 Å². The molecule has 0 saturated carbocycles. The molecule has 1 atom stereocenters. The van der Waals surface area contributed by atoms with Gasteiger partial charge in [-0.1, -0.05) is 24.0 Å². The van der Waals surface area contributed by atoms with Crippen molar-refractivity contribution in [3.05, 3.63) is 34.9 Å². The number of fused-ring (bicyclic) bond motifs is 1. The smallest absolute Gasteiger partial charge is 0.249 e. The van der Waals surface area contributed by atoms with Gasteiger partial charge in [0.05, 0.1) is 0 Å². The van der Waals surface area contributed by atoms with Gasteiger partial charge in [0.15, 0.2) is 5.94 Å². The molecule has 23 heavy (non-hydrogen) atoms. The Labute approximate surface area is 132 Å². The monoisotopic (exact) mass is 310 g/mol. The van der Waals surface area contributed by atoms with Crippen LogP contribution in [0.25, 0.3) is 5.70 Å². The molecule has 3 rings (SSSR count). The van der Waals surface area contributed by atoms with E-state index in [1.54, 1.807) is 23.1 Å². The molecule has 0 spiro atoms. The highest BCUT2D eigenvalue weighted by Gasteiger charge is 2.38. The maximum absolute atomic E-state index is 12.1. The number of hydrogen-bond donors (Lipinski definition) is 2. The second-order valence-electron chi connectivity index (χ2n) is 5.34. The van der Waals surface area contributed by atoms with E-state index in [1.807, 2.05) is 5.94 Å². The molecule has 1 saturated heterocycles. The van der Waals surface area contributed by atoms with Crippen LogP contribution < -0.4 is 5.32 Å². The SMILES string of the molecule is O=C=C1c2cccc(C#CCO)c2CN1C1CCC(=O)NC1=O. The summed E-state index contributed by atoms with van der Waals surface area (Å²) in [5.41, 5.74) is 2.53. The average Bonchev–Trinajstić information content (AvgIpc) is 2.91. The van der Waals surface area contributed by atoms with Gasteiger partial charge >= 0.3 is 0 Å². The van der Waals surface area contributed by atoms with Gasteiger partial charge in [0.1, 0.15) is 18.3 Å². The van der Waals surface area contributed by atoms with Gasteiger partial charge in [-0.3, -0.25) is 14.9 Å². The lowest BCUT2D eigenvalue weighted by atomic mass is 10.0. The van der Waals surface area contributed by atoms with Crippen molar-refractivity contribution in [2.75, 3.05) is 6.61 Å². The highest BCUT2D eigenvalue weighted by atomic mass is 16.2. The van der Waals surface area contributed by atoms with Crippen LogP contribution in [0.5, 0.6) is 0 Å². The number of carbonyl (C=O) groups excluding carboxylic acids is 3. The van der Waals surface area contributed by atoms with Crippen LogP contribution in [0.3, 0.4) is 0 Å². The number of nitrogens with one attached hydrogen (secondary N) is 1. The molecule has 2 heterocycles. The fraction of sp³-hybridized carbons (Fsp3) is 0.294. The maximum atomic E-state index is 12.1. The molecule has 1 fully saturated rings. The quantitative estimate of drug-likeness (QED) is 0.427. The molecule has 6 nitrogen and oxygen atoms in total. The topological polar surface area (TPSA) is 86.7 Å². The molecule has 1 aromatic rings. The number of piperidine rings is 1. The number of rotatable bonds is 1. The van der Waals surface area contributed by atoms with E-state index >= 15 is 0 Å². The van der Waals surface area contributed by atoms with Gasteiger partial charge in [-0.2, -0.15) is 0 Å². The Morgan fingerprint density at radius 2 is 2.17 bits per heavy atom. The van der Waals surface area contributed by atoms with Crippen molar-refractivity contribution in [3.63, 3.8) is 0 Å². The largest absolute Gasteiger partial charge is 0.384 e. The van der Waals surface area contributed by atoms with Gasteiger partial charge in [0.2, 0.25) is 11.8 Å². The molecule has 2 N–H and O–H groups in total. The molecule has 2 aliphatic rings. The second kappa shape index (κ2) is 6.09. The molecule has 1 unspecified atom stereocenters. The molecule has 2 aliphatic heterocycles. The zero-order valence-electron chi connectivity index (χ0n) is 12.3. The molecule has 0 bridgehead atoms. The minimum atomic E-state index is -0.574. The summed E-state index contributed by atoms with van der Waals surface area (Å²) in [5.74, 6) is 6.67. The van der Waals surface area contributed by atoms with E-state index in [4.69, 9.17) is 5.11 Å². The van der Waals surface area contributed by atoms with Crippen LogP contribution in [-0.2, 0) is 20.9 Å². The standard InChI is InChI=1S/C17H14N2O4/c20-8-2-4-11-3-1-5-12-13(11)9-19(15(12)10-21)14-6-7-16(22)18-17(14)23/h1,3,5,14,20H,6-9H2,(H,18,22,23). The van der Waals surface area contributed by atoms with E-state index in [9.17, 15) is 14.4 Å². The maximum Gasteiger partial charge on any atom is 0.249 e. The van der Waals surface area contributed by atoms with Gasteiger partial charge in [0.25, 0.3) is 0 Å². The first-order chi connectivity index (χ1) is 11.2. The number of amides is 2. The van der Waals surface area contributed by atoms with Crippen molar-refractivity contribution in [2.24, 2.45) is 0 Å². The first-order valence-corrected chi connectivity index (χ1v) is 7.23. The minimum absolute atomic E-state index is 0.243. The summed E-state index contributed by atoms with van der Waals surface area (Å²) in [6, 6.07) is 4.78. The van der Waals surface area contributed by atoms with E-state index in [0.29, 0.717) is 29.8 Å². The summed E-state index contributed by atoms with van der Waals surface area (Å²) in [5, 5.41) is 11.2. The first-order valence-electron chi connectivity index (χ1n) is 7.23. The zero-order valence-corrected chi connectivity index (χ0v) is 12.3. The van der Waals surface area contributed by atoms with Crippen molar-refractivity contribution < 1.29 is 19.5 Å². The Bertz CT molecular complexity index is 797. The predicted molar refractivity (Wildman–Crippen MR) is 81.2 cm³/mol. The minimum Gasteiger partial charge on any atom is -0.384 e. The van der Waals surface area contributed by atoms with Crippen molar-refractivity contribution in [3.8, 4) is 11.8 Å². The lowest BCUT2D eigenvalue weighted by Gasteiger charge is -2.30. The normalized spacial score (nSPS) is 19.6. The summed E-state index contributed by atoms with van der Waals surface area (Å²) in [7, 11) is 0. The lowest BCUT2D eigenvalue weighted by molar-refractivity contribution is -0.136. The van der Waals surface area contributed by atoms with Gasteiger partial charge in [-0.15, -0.1) is 0 Å². The Morgan fingerprint density at radius 1 is 1.35 bits per heavy atom. The van der Waals surface area contributed by atoms with Gasteiger partial charge < -0.3 is 10.0 Å². The molecule has 0 radical (unpaired) electrons. The van der Waals surface area contributed by atoms with Crippen LogP contribution in [0.4, 0.5) is 0 Å². The number of aliphatic hydroxyl groups excluding tert-OH is 1. The van der Waals surface area contributed by atoms with Gasteiger partial charge in [0, 0.05) is 24.1 Å². The molecule has 0 aliphatic carbocycles.